The zero-order valence-electron chi connectivity index (χ0n) is 18.3. The van der Waals surface area contributed by atoms with Gasteiger partial charge in [-0.1, -0.05) is 24.6 Å². The van der Waals surface area contributed by atoms with Crippen LogP contribution in [0.5, 0.6) is 5.75 Å². The number of thiocarbonyl (C=S) groups is 1. The van der Waals surface area contributed by atoms with E-state index in [9.17, 15) is 9.59 Å². The number of benzene rings is 2. The van der Waals surface area contributed by atoms with Gasteiger partial charge in [-0.15, -0.1) is 11.3 Å². The molecule has 3 aromatic rings. The van der Waals surface area contributed by atoms with Crippen molar-refractivity contribution < 1.29 is 14.3 Å². The number of fused-ring (bicyclic) bond motifs is 1. The topological polar surface area (TPSA) is 70.7 Å². The molecule has 0 radical (unpaired) electrons. The van der Waals surface area contributed by atoms with Crippen LogP contribution in [0.2, 0.25) is 5.02 Å². The Balaban J connectivity index is 1.42. The Morgan fingerprint density at radius 1 is 1.18 bits per heavy atom. The maximum atomic E-state index is 12.8. The molecule has 6 nitrogen and oxygen atoms in total. The summed E-state index contributed by atoms with van der Waals surface area (Å²) < 4.78 is 6.09. The number of methoxy groups -OCH3 is 1. The molecule has 0 unspecified atom stereocenters. The number of ether oxygens (including phenoxy) is 1. The van der Waals surface area contributed by atoms with E-state index >= 15 is 0 Å². The average molecular weight is 502 g/mol. The maximum Gasteiger partial charge on any atom is 0.269 e. The van der Waals surface area contributed by atoms with Crippen LogP contribution in [-0.4, -0.2) is 42.0 Å². The number of amides is 2. The fourth-order valence-electron chi connectivity index (χ4n) is 3.76. The number of nitrogens with zero attached hydrogens (tertiary/aromatic N) is 1. The van der Waals surface area contributed by atoms with E-state index in [-0.39, 0.29) is 11.0 Å². The molecule has 2 N–H and O–H groups in total. The normalized spacial score (nSPS) is 14.2. The summed E-state index contributed by atoms with van der Waals surface area (Å²) in [7, 11) is 1.59. The SMILES string of the molecule is COc1ccc2c(Cl)c(C(=O)NC(=S)Nc3cccc(C(=O)N4CCC(C)CC4)c3)sc2c1. The molecule has 1 saturated heterocycles. The van der Waals surface area contributed by atoms with Crippen molar-refractivity contribution in [1.29, 1.82) is 0 Å². The van der Waals surface area contributed by atoms with Crippen LogP contribution in [0.25, 0.3) is 10.1 Å². The van der Waals surface area contributed by atoms with Gasteiger partial charge in [-0.2, -0.15) is 0 Å². The smallest absolute Gasteiger partial charge is 0.269 e. The summed E-state index contributed by atoms with van der Waals surface area (Å²) in [6.45, 7) is 3.76. The number of hydrogen-bond acceptors (Lipinski definition) is 5. The molecule has 9 heteroatoms. The van der Waals surface area contributed by atoms with Crippen LogP contribution in [0.1, 0.15) is 39.8 Å². The molecule has 4 rings (SSSR count). The fraction of sp³-hybridized carbons (Fsp3) is 0.292. The predicted molar refractivity (Wildman–Crippen MR) is 138 cm³/mol. The molecule has 172 valence electrons. The van der Waals surface area contributed by atoms with Crippen LogP contribution in [0.3, 0.4) is 0 Å². The van der Waals surface area contributed by atoms with Crippen LogP contribution in [0.4, 0.5) is 5.69 Å². The number of likely N-dealkylation sites (tertiary alicyclic amines) is 1. The number of piperidine rings is 1. The summed E-state index contributed by atoms with van der Waals surface area (Å²) in [4.78, 5) is 27.9. The number of anilines is 1. The van der Waals surface area contributed by atoms with Gasteiger partial charge in [0.2, 0.25) is 0 Å². The molecule has 2 aromatic carbocycles. The third kappa shape index (κ3) is 5.29. The Hall–Kier alpha value is -2.68. The Kier molecular flexibility index (Phi) is 7.17. The van der Waals surface area contributed by atoms with Crippen molar-refractivity contribution in [2.24, 2.45) is 5.92 Å². The fourth-order valence-corrected chi connectivity index (χ4v) is 5.42. The molecule has 1 aliphatic heterocycles. The number of halogens is 1. The minimum atomic E-state index is -0.396. The van der Waals surface area contributed by atoms with Gasteiger partial charge in [-0.05, 0) is 67.4 Å². The van der Waals surface area contributed by atoms with E-state index in [1.54, 1.807) is 37.4 Å². The van der Waals surface area contributed by atoms with Gasteiger partial charge in [0.1, 0.15) is 10.6 Å². The van der Waals surface area contributed by atoms with Gasteiger partial charge in [0, 0.05) is 34.4 Å². The van der Waals surface area contributed by atoms with E-state index in [1.165, 1.54) is 11.3 Å². The number of hydrogen-bond donors (Lipinski definition) is 2. The van der Waals surface area contributed by atoms with E-state index in [4.69, 9.17) is 28.6 Å². The van der Waals surface area contributed by atoms with E-state index in [2.05, 4.69) is 17.6 Å². The maximum absolute atomic E-state index is 12.8. The molecule has 33 heavy (non-hydrogen) atoms. The standard InChI is InChI=1S/C24H24ClN3O3S2/c1-14-8-10-28(11-9-14)23(30)15-4-3-5-16(12-15)26-24(32)27-22(29)21-20(25)18-7-6-17(31-2)13-19(18)33-21/h3-7,12-14H,8-11H2,1-2H3,(H2,26,27,29,32). The number of rotatable bonds is 4. The second kappa shape index (κ2) is 10.1. The van der Waals surface area contributed by atoms with Crippen molar-refractivity contribution in [1.82, 2.24) is 10.2 Å². The first-order valence-corrected chi connectivity index (χ1v) is 12.2. The Labute approximate surface area is 206 Å². The average Bonchev–Trinajstić information content (AvgIpc) is 3.15. The third-order valence-corrected chi connectivity index (χ3v) is 7.57. The van der Waals surface area contributed by atoms with Gasteiger partial charge in [-0.25, -0.2) is 0 Å². The van der Waals surface area contributed by atoms with E-state index < -0.39 is 5.91 Å². The van der Waals surface area contributed by atoms with Crippen LogP contribution >= 0.6 is 35.2 Å². The molecule has 2 heterocycles. The second-order valence-corrected chi connectivity index (χ2v) is 9.91. The van der Waals surface area contributed by atoms with Crippen LogP contribution in [0, 0.1) is 5.92 Å². The lowest BCUT2D eigenvalue weighted by Gasteiger charge is -2.30. The molecule has 0 saturated carbocycles. The summed E-state index contributed by atoms with van der Waals surface area (Å²) >= 11 is 13.0. The monoisotopic (exact) mass is 501 g/mol. The lowest BCUT2D eigenvalue weighted by molar-refractivity contribution is 0.0697. The molecule has 0 aliphatic carbocycles. The van der Waals surface area contributed by atoms with Gasteiger partial charge in [0.05, 0.1) is 12.1 Å². The first kappa shape index (κ1) is 23.5. The summed E-state index contributed by atoms with van der Waals surface area (Å²) in [5.41, 5.74) is 1.22. The van der Waals surface area contributed by atoms with E-state index in [1.807, 2.05) is 17.0 Å². The molecule has 1 fully saturated rings. The highest BCUT2D eigenvalue weighted by molar-refractivity contribution is 7.80. The summed E-state index contributed by atoms with van der Waals surface area (Å²) in [6.07, 6.45) is 2.04. The zero-order chi connectivity index (χ0) is 23.5. The highest BCUT2D eigenvalue weighted by atomic mass is 35.5. The molecule has 1 aliphatic rings. The van der Waals surface area contributed by atoms with Gasteiger partial charge < -0.3 is 15.0 Å². The highest BCUT2D eigenvalue weighted by Crippen LogP contribution is 2.37. The largest absolute Gasteiger partial charge is 0.497 e. The van der Waals surface area contributed by atoms with Crippen molar-refractivity contribution in [2.45, 2.75) is 19.8 Å². The second-order valence-electron chi connectivity index (χ2n) is 8.07. The first-order chi connectivity index (χ1) is 15.9. The number of thiophene rings is 1. The lowest BCUT2D eigenvalue weighted by Crippen LogP contribution is -2.38. The number of carbonyl (C=O) groups is 2. The van der Waals surface area contributed by atoms with E-state index in [0.29, 0.717) is 32.8 Å². The van der Waals surface area contributed by atoms with E-state index in [0.717, 1.165) is 36.0 Å². The van der Waals surface area contributed by atoms with Crippen LogP contribution in [-0.2, 0) is 0 Å². The molecule has 0 bridgehead atoms. The molecule has 0 atom stereocenters. The van der Waals surface area contributed by atoms with Crippen molar-refractivity contribution >= 4 is 67.9 Å². The highest BCUT2D eigenvalue weighted by Gasteiger charge is 2.22. The van der Waals surface area contributed by atoms with Crippen LogP contribution < -0.4 is 15.4 Å². The molecular weight excluding hydrogens is 478 g/mol. The minimum absolute atomic E-state index is 0.00740. The van der Waals surface area contributed by atoms with Gasteiger partial charge in [0.25, 0.3) is 11.8 Å². The van der Waals surface area contributed by atoms with Gasteiger partial charge in [-0.3, -0.25) is 14.9 Å². The van der Waals surface area contributed by atoms with Gasteiger partial charge in [0.15, 0.2) is 5.11 Å². The minimum Gasteiger partial charge on any atom is -0.497 e. The van der Waals surface area contributed by atoms with Gasteiger partial charge >= 0.3 is 0 Å². The van der Waals surface area contributed by atoms with Crippen molar-refractivity contribution in [3.8, 4) is 5.75 Å². The molecule has 0 spiro atoms. The summed E-state index contributed by atoms with van der Waals surface area (Å²) in [6, 6.07) is 12.6. The molecular formula is C24H24ClN3O3S2. The van der Waals surface area contributed by atoms with Crippen molar-refractivity contribution in [2.75, 3.05) is 25.5 Å². The number of carbonyl (C=O) groups excluding carboxylic acids is 2. The predicted octanol–water partition coefficient (Wildman–Crippen LogP) is 5.56. The Morgan fingerprint density at radius 3 is 2.67 bits per heavy atom. The van der Waals surface area contributed by atoms with Crippen LogP contribution in [0.15, 0.2) is 42.5 Å². The Bertz CT molecular complexity index is 1220. The summed E-state index contributed by atoms with van der Waals surface area (Å²) in [5.74, 6) is 0.956. The zero-order valence-corrected chi connectivity index (χ0v) is 20.7. The third-order valence-electron chi connectivity index (χ3n) is 5.71. The van der Waals surface area contributed by atoms with Crippen molar-refractivity contribution in [3.63, 3.8) is 0 Å². The molecule has 2 amide bonds. The summed E-state index contributed by atoms with van der Waals surface area (Å²) in [5, 5.41) is 6.95. The number of nitrogens with one attached hydrogen (secondary N) is 2. The first-order valence-electron chi connectivity index (χ1n) is 10.6. The Morgan fingerprint density at radius 2 is 1.94 bits per heavy atom. The molecule has 1 aromatic heterocycles. The quantitative estimate of drug-likeness (QED) is 0.458. The lowest BCUT2D eigenvalue weighted by atomic mass is 9.98. The van der Waals surface area contributed by atoms with Crippen molar-refractivity contribution in [3.05, 3.63) is 57.9 Å².